The van der Waals surface area contributed by atoms with Gasteiger partial charge in [0.25, 0.3) is 0 Å². The molecule has 8 aliphatic rings. The Morgan fingerprint density at radius 1 is 0.692 bits per heavy atom. The van der Waals surface area contributed by atoms with E-state index in [1.54, 1.807) is 0 Å². The Balaban J connectivity index is 1.11. The maximum atomic E-state index is 13.1. The SMILES string of the molecule is C=C(C)C(=O)OC1[C@@H](O)[C@@]2(COC(C)=O)C(CC1(C)C)C1=CCC3[C@@]4(C)CCC(OC5OC(C(=O)O)C(OC6OC(CO)C(O)C(O)C6O)C(O)C5OC5OC(CO)C(O)C(O)C5O)C(C)(CO)C4CC[C@@]3(C)[C@@]1(C)C[C@@H]2O. The van der Waals surface area contributed by atoms with Crippen LogP contribution < -0.4 is 0 Å². The lowest BCUT2D eigenvalue weighted by molar-refractivity contribution is -0.392. The average molecular weight is 1120 g/mol. The summed E-state index contributed by atoms with van der Waals surface area (Å²) in [6, 6.07) is 0. The number of aliphatic carboxylic acids is 1. The molecule has 4 saturated carbocycles. The van der Waals surface area contributed by atoms with Gasteiger partial charge in [0.15, 0.2) is 25.0 Å². The number of esters is 2. The highest BCUT2D eigenvalue weighted by Crippen LogP contribution is 2.76. The highest BCUT2D eigenvalue weighted by molar-refractivity contribution is 5.87. The van der Waals surface area contributed by atoms with Crippen molar-refractivity contribution in [2.24, 2.45) is 50.2 Å². The van der Waals surface area contributed by atoms with E-state index < -0.39 is 193 Å². The minimum atomic E-state index is -2.18. The van der Waals surface area contributed by atoms with E-state index in [0.717, 1.165) is 5.57 Å². The van der Waals surface area contributed by atoms with Gasteiger partial charge in [-0.05, 0) is 85.9 Å². The van der Waals surface area contributed by atoms with E-state index in [4.69, 9.17) is 37.9 Å². The summed E-state index contributed by atoms with van der Waals surface area (Å²) in [6.07, 6.45) is -28.5. The van der Waals surface area contributed by atoms with Gasteiger partial charge in [-0.3, -0.25) is 4.79 Å². The molecule has 27 atom stereocenters. The van der Waals surface area contributed by atoms with E-state index in [9.17, 15) is 80.8 Å². The zero-order valence-electron chi connectivity index (χ0n) is 45.6. The number of carbonyl (C=O) groups is 3. The van der Waals surface area contributed by atoms with Gasteiger partial charge in [0, 0.05) is 23.3 Å². The molecule has 24 nitrogen and oxygen atoms in total. The number of ether oxygens (including phenoxy) is 8. The first-order chi connectivity index (χ1) is 36.3. The summed E-state index contributed by atoms with van der Waals surface area (Å²) >= 11 is 0. The van der Waals surface area contributed by atoms with Crippen LogP contribution in [-0.2, 0) is 52.3 Å². The molecule has 5 aliphatic carbocycles. The van der Waals surface area contributed by atoms with Crippen LogP contribution in [0.3, 0.4) is 0 Å². The van der Waals surface area contributed by atoms with Crippen LogP contribution >= 0.6 is 0 Å². The second kappa shape index (κ2) is 22.1. The van der Waals surface area contributed by atoms with E-state index in [0.29, 0.717) is 32.1 Å². The molecule has 21 unspecified atom stereocenters. The molecule has 0 bridgehead atoms. The molecule has 8 rings (SSSR count). The summed E-state index contributed by atoms with van der Waals surface area (Å²) in [5, 5.41) is 144. The molecule has 0 radical (unpaired) electrons. The minimum absolute atomic E-state index is 0.0879. The van der Waals surface area contributed by atoms with Crippen LogP contribution in [-0.4, -0.2) is 227 Å². The summed E-state index contributed by atoms with van der Waals surface area (Å²) in [7, 11) is 0. The fourth-order valence-corrected chi connectivity index (χ4v) is 16.0. The van der Waals surface area contributed by atoms with Gasteiger partial charge in [0.05, 0.1) is 37.4 Å². The van der Waals surface area contributed by atoms with Crippen LogP contribution in [0.1, 0.15) is 100 Å². The molecule has 3 aliphatic heterocycles. The Bertz CT molecular complexity index is 2260. The Morgan fingerprint density at radius 2 is 1.27 bits per heavy atom. The molecule has 3 heterocycles. The number of hydrogen-bond donors (Lipinski definition) is 13. The molecule has 0 aromatic rings. The quantitative estimate of drug-likeness (QED) is 0.0399. The Kier molecular flexibility index (Phi) is 17.3. The van der Waals surface area contributed by atoms with Crippen molar-refractivity contribution >= 4 is 17.9 Å². The van der Waals surface area contributed by atoms with Crippen molar-refractivity contribution in [1.29, 1.82) is 0 Å². The van der Waals surface area contributed by atoms with Crippen molar-refractivity contribution in [3.05, 3.63) is 23.8 Å². The van der Waals surface area contributed by atoms with Gasteiger partial charge in [-0.2, -0.15) is 0 Å². The van der Waals surface area contributed by atoms with Crippen molar-refractivity contribution in [1.82, 2.24) is 0 Å². The van der Waals surface area contributed by atoms with E-state index in [1.807, 2.05) is 20.8 Å². The molecule has 0 spiro atoms. The van der Waals surface area contributed by atoms with Crippen LogP contribution in [0.25, 0.3) is 0 Å². The van der Waals surface area contributed by atoms with Gasteiger partial charge in [0.2, 0.25) is 0 Å². The van der Waals surface area contributed by atoms with Crippen LogP contribution in [0.2, 0.25) is 0 Å². The largest absolute Gasteiger partial charge is 0.479 e. The van der Waals surface area contributed by atoms with Crippen molar-refractivity contribution in [2.45, 2.75) is 217 Å². The number of carboxylic acids is 1. The molecule has 24 heteroatoms. The molecule has 0 aromatic carbocycles. The maximum Gasteiger partial charge on any atom is 0.335 e. The van der Waals surface area contributed by atoms with Crippen molar-refractivity contribution in [3.63, 3.8) is 0 Å². The number of aliphatic hydroxyl groups is 12. The zero-order valence-corrected chi connectivity index (χ0v) is 45.6. The first-order valence-corrected chi connectivity index (χ1v) is 27.2. The van der Waals surface area contributed by atoms with E-state index >= 15 is 0 Å². The van der Waals surface area contributed by atoms with Crippen molar-refractivity contribution in [3.8, 4) is 0 Å². The molecule has 7 fully saturated rings. The van der Waals surface area contributed by atoms with E-state index in [1.165, 1.54) is 13.8 Å². The summed E-state index contributed by atoms with van der Waals surface area (Å²) in [6.45, 7) is 16.2. The number of hydrogen-bond acceptors (Lipinski definition) is 23. The van der Waals surface area contributed by atoms with Gasteiger partial charge in [0.1, 0.15) is 86.0 Å². The third-order valence-corrected chi connectivity index (χ3v) is 20.6. The second-order valence-electron chi connectivity index (χ2n) is 25.4. The fourth-order valence-electron chi connectivity index (χ4n) is 16.0. The monoisotopic (exact) mass is 1120 g/mol. The topological polar surface area (TPSA) is 388 Å². The summed E-state index contributed by atoms with van der Waals surface area (Å²) in [5.74, 6) is -3.94. The van der Waals surface area contributed by atoms with Crippen LogP contribution in [0.15, 0.2) is 23.8 Å². The molecule has 13 N–H and O–H groups in total. The fraction of sp³-hybridized carbons (Fsp3) is 0.870. The second-order valence-corrected chi connectivity index (χ2v) is 25.4. The third-order valence-electron chi connectivity index (χ3n) is 20.6. The molecule has 444 valence electrons. The van der Waals surface area contributed by atoms with E-state index in [2.05, 4.69) is 33.4 Å². The van der Waals surface area contributed by atoms with E-state index in [-0.39, 0.29) is 36.9 Å². The molecule has 0 amide bonds. The maximum absolute atomic E-state index is 13.1. The molecule has 3 saturated heterocycles. The van der Waals surface area contributed by atoms with Crippen LogP contribution in [0, 0.1) is 50.2 Å². The molecule has 78 heavy (non-hydrogen) atoms. The third kappa shape index (κ3) is 9.70. The van der Waals surface area contributed by atoms with Crippen molar-refractivity contribution in [2.75, 3.05) is 26.4 Å². The highest BCUT2D eigenvalue weighted by atomic mass is 16.8. The Morgan fingerprint density at radius 3 is 1.79 bits per heavy atom. The number of rotatable bonds is 14. The number of fused-ring (bicyclic) bond motifs is 7. The summed E-state index contributed by atoms with van der Waals surface area (Å²) in [4.78, 5) is 38.7. The highest BCUT2D eigenvalue weighted by Gasteiger charge is 2.74. The Labute approximate surface area is 452 Å². The summed E-state index contributed by atoms with van der Waals surface area (Å²) < 4.78 is 47.5. The molecular weight excluding hydrogens is 1030 g/mol. The van der Waals surface area contributed by atoms with Gasteiger partial charge in [-0.15, -0.1) is 0 Å². The number of carboxylic acid groups (broad SMARTS) is 1. The number of carbonyl (C=O) groups excluding carboxylic acids is 2. The molecular formula is C54H84O24. The standard InChI is InChI=1S/C54H84O24/c1-22(2)45(70)78-43-42(67)54(21-71-23(3)58)25(16-49(43,4)5)24-10-11-29-50(6)14-13-31(51(7,20-57)28(50)12-15-52(29,8)53(24,9)17-30(54)59)74-48-40(76-47-37(65)35(63)33(61)27(19-56)73-47)38(66)39(41(77-48)44(68)69)75-46-36(64)34(62)32(60)26(18-55)72-46/h10,25-43,46-48,55-57,59-67H,1,11-21H2,2-9H3,(H,68,69)/t25?,26?,27?,28?,29?,30-,31?,32?,33?,34?,35?,36?,37?,38?,39?,40?,41?,42+,43?,46?,47?,48?,50-,51?,52+,53-,54-/m0/s1. The number of allylic oxidation sites excluding steroid dienone is 2. The lowest BCUT2D eigenvalue weighted by Gasteiger charge is -2.72. The molecule has 0 aromatic heterocycles. The summed E-state index contributed by atoms with van der Waals surface area (Å²) in [5.41, 5.74) is -4.03. The lowest BCUT2D eigenvalue weighted by Crippen LogP contribution is -2.72. The first kappa shape index (κ1) is 61.2. The van der Waals surface area contributed by atoms with Gasteiger partial charge >= 0.3 is 17.9 Å². The predicted molar refractivity (Wildman–Crippen MR) is 264 cm³/mol. The normalized spacial score (nSPS) is 50.8. The Hall–Kier alpha value is -2.83. The van der Waals surface area contributed by atoms with Crippen LogP contribution in [0.4, 0.5) is 0 Å². The first-order valence-electron chi connectivity index (χ1n) is 27.2. The van der Waals surface area contributed by atoms with Gasteiger partial charge in [-0.25, -0.2) is 9.59 Å². The smallest absolute Gasteiger partial charge is 0.335 e. The minimum Gasteiger partial charge on any atom is -0.479 e. The zero-order chi connectivity index (χ0) is 57.7. The predicted octanol–water partition coefficient (Wildman–Crippen LogP) is -1.71. The number of aliphatic hydroxyl groups excluding tert-OH is 12. The lowest BCUT2D eigenvalue weighted by atomic mass is 9.33. The average Bonchev–Trinajstić information content (AvgIpc) is 2.23. The van der Waals surface area contributed by atoms with Crippen molar-refractivity contribution < 1.29 is 119 Å². The van der Waals surface area contributed by atoms with Gasteiger partial charge in [-0.1, -0.05) is 59.8 Å². The van der Waals surface area contributed by atoms with Gasteiger partial charge < -0.3 is 104 Å². The van der Waals surface area contributed by atoms with Crippen LogP contribution in [0.5, 0.6) is 0 Å².